The number of aliphatic carboxylic acids is 2. The summed E-state index contributed by atoms with van der Waals surface area (Å²) in [5, 5.41) is 34.2. The first-order valence-electron chi connectivity index (χ1n) is 9.66. The molecule has 0 aromatic carbocycles. The number of hydrogen-bond donors (Lipinski definition) is 9. The molecule has 0 aromatic rings. The Morgan fingerprint density at radius 3 is 1.88 bits per heavy atom. The van der Waals surface area contributed by atoms with Crippen LogP contribution in [0.25, 0.3) is 0 Å². The Bertz CT molecular complexity index is 709. The van der Waals surface area contributed by atoms with E-state index >= 15 is 0 Å². The number of nitrogens with two attached hydrogens (primary N) is 3. The topological polar surface area (TPSA) is 273 Å². The van der Waals surface area contributed by atoms with Crippen LogP contribution in [-0.4, -0.2) is 88.3 Å². The highest BCUT2D eigenvalue weighted by atomic mass is 16.4. The molecule has 0 spiro atoms. The lowest BCUT2D eigenvalue weighted by Gasteiger charge is -2.24. The van der Waals surface area contributed by atoms with E-state index < -0.39 is 66.9 Å². The van der Waals surface area contributed by atoms with E-state index in [1.165, 1.54) is 6.92 Å². The summed E-state index contributed by atoms with van der Waals surface area (Å²) in [5.41, 5.74) is 15.7. The maximum atomic E-state index is 12.6. The molecular weight excluding hydrogens is 430 g/mol. The molecule has 12 N–H and O–H groups in total. The van der Waals surface area contributed by atoms with Crippen LogP contribution in [0.5, 0.6) is 0 Å². The predicted molar refractivity (Wildman–Crippen MR) is 111 cm³/mol. The van der Waals surface area contributed by atoms with Gasteiger partial charge in [-0.3, -0.25) is 24.2 Å². The average Bonchev–Trinajstić information content (AvgIpc) is 2.70. The minimum atomic E-state index is -1.46. The summed E-state index contributed by atoms with van der Waals surface area (Å²) in [6.45, 7) is 0.655. The third-order valence-corrected chi connectivity index (χ3v) is 4.07. The van der Waals surface area contributed by atoms with Crippen LogP contribution in [0.4, 0.5) is 0 Å². The van der Waals surface area contributed by atoms with Crippen molar-refractivity contribution >= 4 is 35.6 Å². The Morgan fingerprint density at radius 2 is 1.41 bits per heavy atom. The highest BCUT2D eigenvalue weighted by molar-refractivity contribution is 5.94. The standard InChI is InChI=1S/C17H31N7O8/c1-8(18)13(28)24-11(7-25)15(30)22-9(4-5-12(26)27)14(29)23-10(16(31)32)3-2-6-21-17(19)20/h8-11,25H,2-7,18H2,1H3,(H,22,30)(H,23,29)(H,24,28)(H,26,27)(H,31,32)(H4,19,20,21). The van der Waals surface area contributed by atoms with Gasteiger partial charge in [0.1, 0.15) is 18.1 Å². The number of nitrogens with one attached hydrogen (secondary N) is 3. The molecule has 0 aliphatic heterocycles. The van der Waals surface area contributed by atoms with Crippen LogP contribution in [-0.2, 0) is 24.0 Å². The fourth-order valence-corrected chi connectivity index (χ4v) is 2.34. The Balaban J connectivity index is 5.26. The number of carboxylic acid groups (broad SMARTS) is 2. The molecule has 0 saturated heterocycles. The number of carboxylic acids is 2. The molecule has 32 heavy (non-hydrogen) atoms. The third-order valence-electron chi connectivity index (χ3n) is 4.07. The van der Waals surface area contributed by atoms with Crippen molar-refractivity contribution in [1.82, 2.24) is 16.0 Å². The molecule has 0 saturated carbocycles. The SMILES string of the molecule is CC(N)C(=O)NC(CO)C(=O)NC(CCC(=O)O)C(=O)NC(CCCN=C(N)N)C(=O)O. The lowest BCUT2D eigenvalue weighted by atomic mass is 10.1. The number of amides is 3. The third kappa shape index (κ3) is 11.7. The van der Waals surface area contributed by atoms with E-state index in [9.17, 15) is 34.2 Å². The van der Waals surface area contributed by atoms with E-state index in [1.807, 2.05) is 0 Å². The van der Waals surface area contributed by atoms with Crippen LogP contribution in [0.3, 0.4) is 0 Å². The maximum absolute atomic E-state index is 12.6. The monoisotopic (exact) mass is 461 g/mol. The van der Waals surface area contributed by atoms with Gasteiger partial charge in [0.05, 0.1) is 12.6 Å². The second-order valence-corrected chi connectivity index (χ2v) is 6.87. The number of hydrogen-bond acceptors (Lipinski definition) is 8. The molecule has 0 radical (unpaired) electrons. The highest BCUT2D eigenvalue weighted by Gasteiger charge is 2.29. The Labute approximate surface area is 183 Å². The Morgan fingerprint density at radius 1 is 0.875 bits per heavy atom. The zero-order valence-electron chi connectivity index (χ0n) is 17.6. The van der Waals surface area contributed by atoms with Gasteiger partial charge in [0.25, 0.3) is 0 Å². The molecule has 0 aliphatic rings. The van der Waals surface area contributed by atoms with Crippen molar-refractivity contribution in [3.05, 3.63) is 0 Å². The van der Waals surface area contributed by atoms with Crippen molar-refractivity contribution in [2.75, 3.05) is 13.2 Å². The van der Waals surface area contributed by atoms with Gasteiger partial charge in [-0.1, -0.05) is 0 Å². The Hall–Kier alpha value is -3.46. The van der Waals surface area contributed by atoms with Crippen LogP contribution >= 0.6 is 0 Å². The summed E-state index contributed by atoms with van der Waals surface area (Å²) in [6.07, 6.45) is -0.707. The van der Waals surface area contributed by atoms with Crippen molar-refractivity contribution in [1.29, 1.82) is 0 Å². The van der Waals surface area contributed by atoms with Gasteiger partial charge in [0.15, 0.2) is 5.96 Å². The number of nitrogens with zero attached hydrogens (tertiary/aromatic N) is 1. The van der Waals surface area contributed by atoms with Gasteiger partial charge in [-0.25, -0.2) is 4.79 Å². The van der Waals surface area contributed by atoms with Crippen LogP contribution in [0, 0.1) is 0 Å². The number of guanidine groups is 1. The predicted octanol–water partition coefficient (Wildman–Crippen LogP) is -4.22. The molecule has 182 valence electrons. The molecule has 0 rings (SSSR count). The molecule has 15 heteroatoms. The van der Waals surface area contributed by atoms with E-state index in [2.05, 4.69) is 20.9 Å². The number of aliphatic hydroxyl groups is 1. The zero-order valence-corrected chi connectivity index (χ0v) is 17.6. The van der Waals surface area contributed by atoms with Gasteiger partial charge in [-0.15, -0.1) is 0 Å². The molecule has 4 unspecified atom stereocenters. The first kappa shape index (κ1) is 28.5. The number of carbonyl (C=O) groups is 5. The van der Waals surface area contributed by atoms with E-state index in [0.717, 1.165) is 0 Å². The normalized spacial score (nSPS) is 14.2. The van der Waals surface area contributed by atoms with Crippen LogP contribution in [0.15, 0.2) is 4.99 Å². The molecule has 0 bridgehead atoms. The minimum Gasteiger partial charge on any atom is -0.481 e. The molecule has 15 nitrogen and oxygen atoms in total. The quantitative estimate of drug-likeness (QED) is 0.0640. The fourth-order valence-electron chi connectivity index (χ4n) is 2.34. The van der Waals surface area contributed by atoms with Crippen LogP contribution in [0.1, 0.15) is 32.6 Å². The van der Waals surface area contributed by atoms with Crippen LogP contribution < -0.4 is 33.2 Å². The van der Waals surface area contributed by atoms with Gasteiger partial charge >= 0.3 is 11.9 Å². The number of aliphatic hydroxyl groups excluding tert-OH is 1. The maximum Gasteiger partial charge on any atom is 0.326 e. The fraction of sp³-hybridized carbons (Fsp3) is 0.647. The second-order valence-electron chi connectivity index (χ2n) is 6.87. The zero-order chi connectivity index (χ0) is 24.8. The molecule has 0 aliphatic carbocycles. The van der Waals surface area contributed by atoms with Gasteiger partial charge in [0.2, 0.25) is 17.7 Å². The van der Waals surface area contributed by atoms with Gasteiger partial charge < -0.3 is 48.5 Å². The summed E-state index contributed by atoms with van der Waals surface area (Å²) < 4.78 is 0. The molecule has 0 fully saturated rings. The lowest BCUT2D eigenvalue weighted by Crippen LogP contribution is -2.57. The van der Waals surface area contributed by atoms with Crippen molar-refractivity contribution in [2.24, 2.45) is 22.2 Å². The first-order valence-corrected chi connectivity index (χ1v) is 9.66. The Kier molecular flexibility index (Phi) is 13.0. The molecular formula is C17H31N7O8. The first-order chi connectivity index (χ1) is 14.9. The second kappa shape index (κ2) is 14.5. The van der Waals surface area contributed by atoms with E-state index in [4.69, 9.17) is 22.3 Å². The summed E-state index contributed by atoms with van der Waals surface area (Å²) in [7, 11) is 0. The van der Waals surface area contributed by atoms with Gasteiger partial charge in [-0.05, 0) is 26.2 Å². The van der Waals surface area contributed by atoms with Crippen molar-refractivity contribution in [3.63, 3.8) is 0 Å². The molecule has 3 amide bonds. The summed E-state index contributed by atoms with van der Waals surface area (Å²) in [4.78, 5) is 62.7. The average molecular weight is 461 g/mol. The summed E-state index contributed by atoms with van der Waals surface area (Å²) in [6, 6.07) is -5.23. The van der Waals surface area contributed by atoms with E-state index in [-0.39, 0.29) is 31.8 Å². The van der Waals surface area contributed by atoms with Crippen molar-refractivity contribution < 1.29 is 39.3 Å². The van der Waals surface area contributed by atoms with Gasteiger partial charge in [-0.2, -0.15) is 0 Å². The summed E-state index contributed by atoms with van der Waals surface area (Å²) >= 11 is 0. The van der Waals surface area contributed by atoms with Crippen LogP contribution in [0.2, 0.25) is 0 Å². The van der Waals surface area contributed by atoms with Crippen molar-refractivity contribution in [3.8, 4) is 0 Å². The number of carbonyl (C=O) groups excluding carboxylic acids is 3. The molecule has 0 aromatic heterocycles. The molecule has 0 heterocycles. The molecule has 4 atom stereocenters. The largest absolute Gasteiger partial charge is 0.481 e. The lowest BCUT2D eigenvalue weighted by molar-refractivity contribution is -0.143. The van der Waals surface area contributed by atoms with E-state index in [1.54, 1.807) is 0 Å². The van der Waals surface area contributed by atoms with Gasteiger partial charge in [0, 0.05) is 13.0 Å². The highest BCUT2D eigenvalue weighted by Crippen LogP contribution is 2.04. The number of rotatable bonds is 15. The summed E-state index contributed by atoms with van der Waals surface area (Å²) in [5.74, 6) is -5.46. The smallest absolute Gasteiger partial charge is 0.326 e. The van der Waals surface area contributed by atoms with Crippen molar-refractivity contribution in [2.45, 2.75) is 56.8 Å². The minimum absolute atomic E-state index is 0.0405. The number of aliphatic imine (C=N–C) groups is 1. The van der Waals surface area contributed by atoms with E-state index in [0.29, 0.717) is 0 Å².